The van der Waals surface area contributed by atoms with Crippen molar-refractivity contribution >= 4 is 23.7 Å². The number of halogens is 1. The van der Waals surface area contributed by atoms with Gasteiger partial charge in [0, 0.05) is 13.0 Å². The van der Waals surface area contributed by atoms with Crippen LogP contribution in [0.1, 0.15) is 37.4 Å². The van der Waals surface area contributed by atoms with Gasteiger partial charge in [0.1, 0.15) is 11.9 Å². The van der Waals surface area contributed by atoms with Crippen LogP contribution in [0.3, 0.4) is 0 Å². The fraction of sp³-hybridized carbons (Fsp3) is 0.185. The minimum Gasteiger partial charge on any atom is -0.454 e. The van der Waals surface area contributed by atoms with Gasteiger partial charge in [-0.1, -0.05) is 54.6 Å². The molecule has 0 spiro atoms. The Morgan fingerprint density at radius 2 is 1.54 bits per heavy atom. The maximum Gasteiger partial charge on any atom is 0.330 e. The van der Waals surface area contributed by atoms with Gasteiger partial charge in [-0.25, -0.2) is 9.18 Å². The van der Waals surface area contributed by atoms with Gasteiger partial charge in [-0.15, -0.1) is 0 Å². The number of carbonyl (C=O) groups excluding carboxylic acids is 4. The van der Waals surface area contributed by atoms with Gasteiger partial charge in [0.2, 0.25) is 0 Å². The minimum atomic E-state index is -1.25. The summed E-state index contributed by atoms with van der Waals surface area (Å²) in [4.78, 5) is 52.1. The highest BCUT2D eigenvalue weighted by atomic mass is 19.1. The lowest BCUT2D eigenvalue weighted by atomic mass is 10.0. The molecule has 7 nitrogen and oxygen atoms in total. The summed E-state index contributed by atoms with van der Waals surface area (Å²) < 4.78 is 18.9. The first-order valence-electron chi connectivity index (χ1n) is 11.0. The zero-order chi connectivity index (χ0) is 24.9. The number of ether oxygens (including phenoxy) is 1. The van der Waals surface area contributed by atoms with Crippen LogP contribution in [0.2, 0.25) is 0 Å². The number of nitrogens with zero attached hydrogens (tertiary/aromatic N) is 1. The molecular weight excluding hydrogens is 451 g/mol. The van der Waals surface area contributed by atoms with E-state index in [0.717, 1.165) is 10.5 Å². The second kappa shape index (κ2) is 10.3. The number of amides is 3. The number of hydrogen-bond acceptors (Lipinski definition) is 5. The third kappa shape index (κ3) is 5.27. The monoisotopic (exact) mass is 474 g/mol. The molecule has 0 aliphatic carbocycles. The van der Waals surface area contributed by atoms with E-state index in [9.17, 15) is 23.6 Å². The van der Waals surface area contributed by atoms with Crippen molar-refractivity contribution in [3.63, 3.8) is 0 Å². The molecular formula is C27H23FN2O5. The van der Waals surface area contributed by atoms with Crippen LogP contribution in [0.5, 0.6) is 0 Å². The maximum atomic E-state index is 13.7. The van der Waals surface area contributed by atoms with Gasteiger partial charge >= 0.3 is 5.97 Å². The number of rotatable bonds is 8. The Hall–Kier alpha value is -4.33. The van der Waals surface area contributed by atoms with Gasteiger partial charge < -0.3 is 10.1 Å². The molecule has 178 valence electrons. The van der Waals surface area contributed by atoms with Crippen molar-refractivity contribution in [1.82, 2.24) is 10.2 Å². The van der Waals surface area contributed by atoms with E-state index in [1.807, 2.05) is 6.07 Å². The van der Waals surface area contributed by atoms with Crippen LogP contribution in [0, 0.1) is 12.7 Å². The van der Waals surface area contributed by atoms with Crippen LogP contribution in [-0.2, 0) is 27.3 Å². The summed E-state index contributed by atoms with van der Waals surface area (Å²) in [5.74, 6) is -3.03. The van der Waals surface area contributed by atoms with Crippen LogP contribution >= 0.6 is 0 Å². The Balaban J connectivity index is 1.45. The molecule has 0 radical (unpaired) electrons. The van der Waals surface area contributed by atoms with Crippen LogP contribution in [0.25, 0.3) is 0 Å². The standard InChI is InChI=1S/C27H23FN2O5/c1-17-11-12-19(13-22(17)28)15-29-24(31)16-35-27(34)23(14-18-7-3-2-4-8-18)30-25(32)20-9-5-6-10-21(20)26(30)33/h2-13,23H,14-16H2,1H3,(H,29,31)/t23-/m0/s1. The highest BCUT2D eigenvalue weighted by molar-refractivity contribution is 6.22. The number of fused-ring (bicyclic) bond motifs is 1. The van der Waals surface area contributed by atoms with Gasteiger partial charge in [-0.2, -0.15) is 0 Å². The molecule has 35 heavy (non-hydrogen) atoms. The normalized spacial score (nSPS) is 13.4. The van der Waals surface area contributed by atoms with Gasteiger partial charge in [0.05, 0.1) is 11.1 Å². The zero-order valence-electron chi connectivity index (χ0n) is 19.0. The molecule has 4 rings (SSSR count). The molecule has 0 unspecified atom stereocenters. The predicted molar refractivity (Wildman–Crippen MR) is 125 cm³/mol. The predicted octanol–water partition coefficient (Wildman–Crippen LogP) is 3.20. The van der Waals surface area contributed by atoms with Crippen molar-refractivity contribution in [3.8, 4) is 0 Å². The SMILES string of the molecule is Cc1ccc(CNC(=O)COC(=O)[C@H](Cc2ccccc2)N2C(=O)c3ccccc3C2=O)cc1F. The summed E-state index contributed by atoms with van der Waals surface area (Å²) in [6.45, 7) is 1.08. The lowest BCUT2D eigenvalue weighted by Crippen LogP contribution is -2.47. The highest BCUT2D eigenvalue weighted by Crippen LogP contribution is 2.26. The fourth-order valence-corrected chi connectivity index (χ4v) is 3.84. The minimum absolute atomic E-state index is 0.0371. The molecule has 1 aliphatic heterocycles. The van der Waals surface area contributed by atoms with Gasteiger partial charge in [0.15, 0.2) is 6.61 Å². The van der Waals surface area contributed by atoms with Crippen LogP contribution in [0.15, 0.2) is 72.8 Å². The van der Waals surface area contributed by atoms with E-state index < -0.39 is 36.3 Å². The van der Waals surface area contributed by atoms with E-state index in [-0.39, 0.29) is 29.9 Å². The molecule has 1 N–H and O–H groups in total. The summed E-state index contributed by atoms with van der Waals surface area (Å²) in [6.07, 6.45) is 0.0371. The van der Waals surface area contributed by atoms with Crippen molar-refractivity contribution in [2.24, 2.45) is 0 Å². The largest absolute Gasteiger partial charge is 0.454 e. The Bertz CT molecular complexity index is 1260. The van der Waals surface area contributed by atoms with E-state index >= 15 is 0 Å². The number of carbonyl (C=O) groups is 4. The molecule has 8 heteroatoms. The van der Waals surface area contributed by atoms with E-state index in [1.165, 1.54) is 18.2 Å². The Labute approximate surface area is 201 Å². The first-order valence-corrected chi connectivity index (χ1v) is 11.0. The quantitative estimate of drug-likeness (QED) is 0.400. The average molecular weight is 474 g/mol. The molecule has 1 atom stereocenters. The van der Waals surface area contributed by atoms with Gasteiger partial charge in [-0.05, 0) is 41.8 Å². The first kappa shape index (κ1) is 23.8. The smallest absolute Gasteiger partial charge is 0.330 e. The number of hydrogen-bond donors (Lipinski definition) is 1. The van der Waals surface area contributed by atoms with E-state index in [1.54, 1.807) is 55.5 Å². The highest BCUT2D eigenvalue weighted by Gasteiger charge is 2.43. The number of nitrogens with one attached hydrogen (secondary N) is 1. The molecule has 3 amide bonds. The molecule has 0 aromatic heterocycles. The topological polar surface area (TPSA) is 92.8 Å². The van der Waals surface area contributed by atoms with E-state index in [4.69, 9.17) is 4.74 Å². The number of imide groups is 1. The summed E-state index contributed by atoms with van der Waals surface area (Å²) >= 11 is 0. The number of benzene rings is 3. The van der Waals surface area contributed by atoms with Gasteiger partial charge in [-0.3, -0.25) is 19.3 Å². The summed E-state index contributed by atoms with van der Waals surface area (Å²) in [5.41, 5.74) is 2.20. The molecule has 0 saturated heterocycles. The van der Waals surface area contributed by atoms with Crippen molar-refractivity contribution in [1.29, 1.82) is 0 Å². The molecule has 1 aliphatic rings. The molecule has 3 aromatic carbocycles. The van der Waals surface area contributed by atoms with Crippen LogP contribution in [-0.4, -0.2) is 41.2 Å². The molecule has 3 aromatic rings. The maximum absolute atomic E-state index is 13.7. The summed E-state index contributed by atoms with van der Waals surface area (Å²) in [5, 5.41) is 2.56. The summed E-state index contributed by atoms with van der Waals surface area (Å²) in [7, 11) is 0. The Kier molecular flexibility index (Phi) is 7.01. The fourth-order valence-electron chi connectivity index (χ4n) is 3.84. The van der Waals surface area contributed by atoms with Crippen molar-refractivity contribution in [2.75, 3.05) is 6.61 Å². The third-order valence-electron chi connectivity index (χ3n) is 5.75. The molecule has 0 fully saturated rings. The van der Waals surface area contributed by atoms with E-state index in [2.05, 4.69) is 5.32 Å². The lowest BCUT2D eigenvalue weighted by Gasteiger charge is -2.24. The number of aryl methyl sites for hydroxylation is 1. The number of esters is 1. The second-order valence-corrected chi connectivity index (χ2v) is 8.20. The van der Waals surface area contributed by atoms with Crippen LogP contribution in [0.4, 0.5) is 4.39 Å². The second-order valence-electron chi connectivity index (χ2n) is 8.20. The molecule has 0 bridgehead atoms. The molecule has 0 saturated carbocycles. The molecule has 1 heterocycles. The Morgan fingerprint density at radius 3 is 2.17 bits per heavy atom. The average Bonchev–Trinajstić information content (AvgIpc) is 3.12. The van der Waals surface area contributed by atoms with E-state index in [0.29, 0.717) is 11.1 Å². The van der Waals surface area contributed by atoms with Crippen LogP contribution < -0.4 is 5.32 Å². The lowest BCUT2D eigenvalue weighted by molar-refractivity contribution is -0.152. The zero-order valence-corrected chi connectivity index (χ0v) is 19.0. The first-order chi connectivity index (χ1) is 16.8. The summed E-state index contributed by atoms with van der Waals surface area (Å²) in [6, 6.07) is 18.6. The Morgan fingerprint density at radius 1 is 0.914 bits per heavy atom. The van der Waals surface area contributed by atoms with Crippen molar-refractivity contribution in [2.45, 2.75) is 25.9 Å². The third-order valence-corrected chi connectivity index (χ3v) is 5.75. The van der Waals surface area contributed by atoms with Crippen molar-refractivity contribution < 1.29 is 28.3 Å². The van der Waals surface area contributed by atoms with Gasteiger partial charge in [0.25, 0.3) is 17.7 Å². The van der Waals surface area contributed by atoms with Crippen molar-refractivity contribution in [3.05, 3.63) is 106 Å².